The summed E-state index contributed by atoms with van der Waals surface area (Å²) >= 11 is 0. The van der Waals surface area contributed by atoms with E-state index in [1.807, 2.05) is 61.5 Å². The van der Waals surface area contributed by atoms with Crippen molar-refractivity contribution in [2.45, 2.75) is 44.9 Å². The van der Waals surface area contributed by atoms with Crippen molar-refractivity contribution in [3.05, 3.63) is 108 Å². The third-order valence-corrected chi connectivity index (χ3v) is 7.07. The first-order valence-electron chi connectivity index (χ1n) is 13.0. The first-order chi connectivity index (χ1) is 18.1. The largest absolute Gasteiger partial charge is 0.490 e. The Hall–Kier alpha value is -3.83. The summed E-state index contributed by atoms with van der Waals surface area (Å²) in [6.07, 6.45) is 2.55. The molecule has 5 heteroatoms. The smallest absolute Gasteiger partial charge is 0.320 e. The van der Waals surface area contributed by atoms with Gasteiger partial charge in [0, 0.05) is 0 Å². The molecule has 0 amide bonds. The van der Waals surface area contributed by atoms with E-state index >= 15 is 0 Å². The maximum absolute atomic E-state index is 12.3. The highest BCUT2D eigenvalue weighted by Gasteiger charge is 2.35. The van der Waals surface area contributed by atoms with Crippen LogP contribution in [-0.4, -0.2) is 35.2 Å². The monoisotopic (exact) mass is 495 g/mol. The van der Waals surface area contributed by atoms with Crippen molar-refractivity contribution < 1.29 is 19.4 Å². The highest BCUT2D eigenvalue weighted by atomic mass is 16.5. The zero-order valence-electron chi connectivity index (χ0n) is 21.2. The molecule has 37 heavy (non-hydrogen) atoms. The minimum Gasteiger partial charge on any atom is -0.490 e. The number of carboxylic acids is 1. The van der Waals surface area contributed by atoms with Crippen LogP contribution < -0.4 is 9.47 Å². The fourth-order valence-electron chi connectivity index (χ4n) is 5.30. The van der Waals surface area contributed by atoms with Crippen LogP contribution >= 0.6 is 0 Å². The molecule has 4 aromatic rings. The predicted octanol–water partition coefficient (Wildman–Crippen LogP) is 6.85. The van der Waals surface area contributed by atoms with Crippen molar-refractivity contribution >= 4 is 16.7 Å². The zero-order chi connectivity index (χ0) is 25.6. The normalized spacial score (nSPS) is 16.8. The molecule has 1 fully saturated rings. The van der Waals surface area contributed by atoms with Crippen molar-refractivity contribution in [2.75, 3.05) is 13.2 Å². The number of piperidine rings is 1. The lowest BCUT2D eigenvalue weighted by molar-refractivity contribution is -0.145. The summed E-state index contributed by atoms with van der Waals surface area (Å²) in [6.45, 7) is 3.64. The van der Waals surface area contributed by atoms with Gasteiger partial charge in [0.1, 0.15) is 12.6 Å². The summed E-state index contributed by atoms with van der Waals surface area (Å²) in [7, 11) is 0. The number of carboxylic acid groups (broad SMARTS) is 1. The van der Waals surface area contributed by atoms with Crippen molar-refractivity contribution in [3.63, 3.8) is 0 Å². The molecule has 2 unspecified atom stereocenters. The number of likely N-dealkylation sites (tertiary alicyclic amines) is 1. The second-order valence-electron chi connectivity index (χ2n) is 9.51. The molecule has 0 aliphatic carbocycles. The SMILES string of the molecule is CCOc1cc(C(c2ccc3ccccc3c2)N2CCCCC2C(=O)O)ccc1OCc1ccccc1. The van der Waals surface area contributed by atoms with Crippen LogP contribution in [0.1, 0.15) is 48.9 Å². The van der Waals surface area contributed by atoms with Gasteiger partial charge in [0.15, 0.2) is 11.5 Å². The third-order valence-electron chi connectivity index (χ3n) is 7.07. The van der Waals surface area contributed by atoms with Gasteiger partial charge in [0.2, 0.25) is 0 Å². The molecule has 1 aliphatic rings. The van der Waals surface area contributed by atoms with Crippen molar-refractivity contribution in [3.8, 4) is 11.5 Å². The van der Waals surface area contributed by atoms with E-state index in [4.69, 9.17) is 9.47 Å². The molecular weight excluding hydrogens is 462 g/mol. The quantitative estimate of drug-likeness (QED) is 0.275. The molecule has 0 bridgehead atoms. The molecule has 1 saturated heterocycles. The average molecular weight is 496 g/mol. The van der Waals surface area contributed by atoms with Crippen LogP contribution in [0, 0.1) is 0 Å². The number of hydrogen-bond acceptors (Lipinski definition) is 4. The van der Waals surface area contributed by atoms with Gasteiger partial charge in [-0.05, 0) is 72.0 Å². The number of rotatable bonds is 9. The fraction of sp³-hybridized carbons (Fsp3) is 0.281. The van der Waals surface area contributed by atoms with Gasteiger partial charge in [-0.25, -0.2) is 0 Å². The van der Waals surface area contributed by atoms with E-state index in [2.05, 4.69) is 41.3 Å². The van der Waals surface area contributed by atoms with Crippen molar-refractivity contribution in [1.82, 2.24) is 4.90 Å². The molecule has 1 heterocycles. The van der Waals surface area contributed by atoms with Crippen LogP contribution in [0.25, 0.3) is 10.8 Å². The van der Waals surface area contributed by atoms with Crippen LogP contribution in [0.5, 0.6) is 11.5 Å². The van der Waals surface area contributed by atoms with Gasteiger partial charge in [-0.1, -0.05) is 79.2 Å². The molecule has 0 aromatic heterocycles. The Morgan fingerprint density at radius 1 is 0.865 bits per heavy atom. The molecule has 0 saturated carbocycles. The Balaban J connectivity index is 1.55. The van der Waals surface area contributed by atoms with Crippen LogP contribution in [0.15, 0.2) is 91.0 Å². The van der Waals surface area contributed by atoms with Gasteiger partial charge in [-0.3, -0.25) is 9.69 Å². The number of hydrogen-bond donors (Lipinski definition) is 1. The summed E-state index contributed by atoms with van der Waals surface area (Å²) in [4.78, 5) is 14.4. The van der Waals surface area contributed by atoms with Gasteiger partial charge in [-0.2, -0.15) is 0 Å². The van der Waals surface area contributed by atoms with Crippen LogP contribution in [0.2, 0.25) is 0 Å². The maximum Gasteiger partial charge on any atom is 0.320 e. The average Bonchev–Trinajstić information content (AvgIpc) is 2.93. The topological polar surface area (TPSA) is 59.0 Å². The lowest BCUT2D eigenvalue weighted by atomic mass is 9.90. The van der Waals surface area contributed by atoms with E-state index in [-0.39, 0.29) is 6.04 Å². The summed E-state index contributed by atoms with van der Waals surface area (Å²) in [5.41, 5.74) is 3.16. The van der Waals surface area contributed by atoms with Gasteiger partial charge in [0.05, 0.1) is 12.6 Å². The Morgan fingerprint density at radius 2 is 1.59 bits per heavy atom. The Morgan fingerprint density at radius 3 is 2.38 bits per heavy atom. The minimum absolute atomic E-state index is 0.214. The molecule has 5 rings (SSSR count). The molecule has 190 valence electrons. The highest BCUT2D eigenvalue weighted by molar-refractivity contribution is 5.83. The maximum atomic E-state index is 12.3. The van der Waals surface area contributed by atoms with E-state index in [1.165, 1.54) is 0 Å². The number of ether oxygens (including phenoxy) is 2. The Bertz CT molecular complexity index is 1350. The number of aliphatic carboxylic acids is 1. The summed E-state index contributed by atoms with van der Waals surface area (Å²) in [5.74, 6) is 0.587. The van der Waals surface area contributed by atoms with Crippen molar-refractivity contribution in [1.29, 1.82) is 0 Å². The second-order valence-corrected chi connectivity index (χ2v) is 9.51. The van der Waals surface area contributed by atoms with Crippen molar-refractivity contribution in [2.24, 2.45) is 0 Å². The molecule has 5 nitrogen and oxygen atoms in total. The van der Waals surface area contributed by atoms with Gasteiger partial charge < -0.3 is 14.6 Å². The summed E-state index contributed by atoms with van der Waals surface area (Å²) in [6, 6.07) is 30.0. The molecule has 0 spiro atoms. The zero-order valence-corrected chi connectivity index (χ0v) is 21.2. The Labute approximate surface area is 218 Å². The Kier molecular flexibility index (Phi) is 7.71. The first kappa shape index (κ1) is 24.8. The van der Waals surface area contributed by atoms with E-state index in [0.717, 1.165) is 46.8 Å². The van der Waals surface area contributed by atoms with E-state index in [9.17, 15) is 9.90 Å². The standard InChI is InChI=1S/C32H33NO4/c1-2-36-30-21-27(17-18-29(30)37-22-23-10-4-3-5-11-23)31(33-19-9-8-14-28(33)32(34)35)26-16-15-24-12-6-7-13-25(24)20-26/h3-7,10-13,15-18,20-21,28,31H,2,8-9,14,19,22H2,1H3,(H,34,35). The highest BCUT2D eigenvalue weighted by Crippen LogP contribution is 2.39. The fourth-order valence-corrected chi connectivity index (χ4v) is 5.30. The molecule has 1 N–H and O–H groups in total. The van der Waals surface area contributed by atoms with Crippen LogP contribution in [-0.2, 0) is 11.4 Å². The van der Waals surface area contributed by atoms with Crippen LogP contribution in [0.3, 0.4) is 0 Å². The predicted molar refractivity (Wildman–Crippen MR) is 146 cm³/mol. The van der Waals surface area contributed by atoms with E-state index in [1.54, 1.807) is 0 Å². The van der Waals surface area contributed by atoms with E-state index in [0.29, 0.717) is 31.1 Å². The molecule has 1 aliphatic heterocycles. The van der Waals surface area contributed by atoms with Gasteiger partial charge >= 0.3 is 5.97 Å². The van der Waals surface area contributed by atoms with Crippen LogP contribution in [0.4, 0.5) is 0 Å². The molecular formula is C32H33NO4. The molecule has 0 radical (unpaired) electrons. The lowest BCUT2D eigenvalue weighted by Gasteiger charge is -2.40. The first-order valence-corrected chi connectivity index (χ1v) is 13.0. The summed E-state index contributed by atoms with van der Waals surface area (Å²) < 4.78 is 12.2. The molecule has 4 aromatic carbocycles. The lowest BCUT2D eigenvalue weighted by Crippen LogP contribution is -2.46. The van der Waals surface area contributed by atoms with E-state index < -0.39 is 12.0 Å². The number of benzene rings is 4. The second kappa shape index (κ2) is 11.5. The third kappa shape index (κ3) is 5.62. The summed E-state index contributed by atoms with van der Waals surface area (Å²) in [5, 5.41) is 12.4. The number of fused-ring (bicyclic) bond motifs is 1. The van der Waals surface area contributed by atoms with Gasteiger partial charge in [-0.15, -0.1) is 0 Å². The van der Waals surface area contributed by atoms with Gasteiger partial charge in [0.25, 0.3) is 0 Å². The minimum atomic E-state index is -0.765. The molecule has 2 atom stereocenters. The number of carbonyl (C=O) groups is 1. The number of nitrogens with zero attached hydrogens (tertiary/aromatic N) is 1.